The topological polar surface area (TPSA) is 66.5 Å². The van der Waals surface area contributed by atoms with Crippen LogP contribution >= 0.6 is 0 Å². The van der Waals surface area contributed by atoms with Crippen molar-refractivity contribution in [3.63, 3.8) is 0 Å². The Balaban J connectivity index is 1.39. The second-order valence-electron chi connectivity index (χ2n) is 7.54. The summed E-state index contributed by atoms with van der Waals surface area (Å²) in [5, 5.41) is 5.02. The predicted molar refractivity (Wildman–Crippen MR) is 116 cm³/mol. The van der Waals surface area contributed by atoms with E-state index in [1.165, 1.54) is 22.5 Å². The van der Waals surface area contributed by atoms with Gasteiger partial charge in [0.1, 0.15) is 5.82 Å². The minimum atomic E-state index is -3.63. The second kappa shape index (κ2) is 8.53. The first-order valence-corrected chi connectivity index (χ1v) is 11.5. The summed E-state index contributed by atoms with van der Waals surface area (Å²) in [6.45, 7) is 0.509. The Morgan fingerprint density at radius 1 is 0.967 bits per heavy atom. The zero-order valence-corrected chi connectivity index (χ0v) is 17.2. The van der Waals surface area contributed by atoms with E-state index in [2.05, 4.69) is 5.32 Å². The Labute approximate surface area is 175 Å². The van der Waals surface area contributed by atoms with E-state index in [1.807, 2.05) is 42.5 Å². The molecule has 0 spiro atoms. The van der Waals surface area contributed by atoms with Gasteiger partial charge in [-0.1, -0.05) is 54.6 Å². The summed E-state index contributed by atoms with van der Waals surface area (Å²) in [7, 11) is -3.63. The highest BCUT2D eigenvalue weighted by molar-refractivity contribution is 7.88. The van der Waals surface area contributed by atoms with Crippen LogP contribution < -0.4 is 5.32 Å². The van der Waals surface area contributed by atoms with Crippen LogP contribution in [0.2, 0.25) is 0 Å². The summed E-state index contributed by atoms with van der Waals surface area (Å²) in [6, 6.07) is 19.5. The van der Waals surface area contributed by atoms with Gasteiger partial charge < -0.3 is 5.32 Å². The van der Waals surface area contributed by atoms with Crippen molar-refractivity contribution in [2.24, 2.45) is 5.92 Å². The van der Waals surface area contributed by atoms with Gasteiger partial charge in [0, 0.05) is 35.6 Å². The highest BCUT2D eigenvalue weighted by Gasteiger charge is 2.31. The van der Waals surface area contributed by atoms with Gasteiger partial charge in [0.25, 0.3) is 0 Å². The van der Waals surface area contributed by atoms with E-state index in [4.69, 9.17) is 0 Å². The smallest absolute Gasteiger partial charge is 0.227 e. The third-order valence-corrected chi connectivity index (χ3v) is 7.39. The van der Waals surface area contributed by atoms with Crippen LogP contribution in [-0.4, -0.2) is 31.7 Å². The van der Waals surface area contributed by atoms with Crippen molar-refractivity contribution < 1.29 is 17.6 Å². The third kappa shape index (κ3) is 4.37. The van der Waals surface area contributed by atoms with Crippen LogP contribution in [0.1, 0.15) is 18.4 Å². The molecule has 0 atom stereocenters. The molecule has 1 heterocycles. The summed E-state index contributed by atoms with van der Waals surface area (Å²) in [5.41, 5.74) is 0.918. The van der Waals surface area contributed by atoms with E-state index in [1.54, 1.807) is 6.07 Å². The van der Waals surface area contributed by atoms with Crippen molar-refractivity contribution in [3.8, 4) is 0 Å². The molecule has 3 aromatic rings. The Morgan fingerprint density at radius 2 is 1.63 bits per heavy atom. The van der Waals surface area contributed by atoms with Crippen LogP contribution in [0.3, 0.4) is 0 Å². The lowest BCUT2D eigenvalue weighted by molar-refractivity contribution is -0.120. The molecular weight excluding hydrogens is 403 g/mol. The lowest BCUT2D eigenvalue weighted by Gasteiger charge is -2.30. The molecule has 1 aliphatic rings. The number of fused-ring (bicyclic) bond motifs is 1. The number of benzene rings is 3. The molecule has 0 unspecified atom stereocenters. The number of hydrogen-bond acceptors (Lipinski definition) is 3. The monoisotopic (exact) mass is 426 g/mol. The molecule has 1 fully saturated rings. The maximum Gasteiger partial charge on any atom is 0.227 e. The lowest BCUT2D eigenvalue weighted by Crippen LogP contribution is -2.42. The third-order valence-electron chi connectivity index (χ3n) is 5.56. The molecule has 1 N–H and O–H groups in total. The number of nitrogens with zero attached hydrogens (tertiary/aromatic N) is 1. The van der Waals surface area contributed by atoms with Gasteiger partial charge in [-0.25, -0.2) is 17.1 Å². The average Bonchev–Trinajstić information content (AvgIpc) is 2.75. The summed E-state index contributed by atoms with van der Waals surface area (Å²) in [6.07, 6.45) is 0.875. The van der Waals surface area contributed by atoms with Crippen molar-refractivity contribution in [3.05, 3.63) is 78.1 Å². The van der Waals surface area contributed by atoms with E-state index in [9.17, 15) is 17.6 Å². The Kier molecular flexibility index (Phi) is 5.83. The fraction of sp³-hybridized carbons (Fsp3) is 0.261. The average molecular weight is 427 g/mol. The largest absolute Gasteiger partial charge is 0.325 e. The number of amides is 1. The minimum Gasteiger partial charge on any atom is -0.325 e. The zero-order chi connectivity index (χ0) is 21.1. The molecule has 1 saturated heterocycles. The Morgan fingerprint density at radius 3 is 2.40 bits per heavy atom. The molecule has 0 aliphatic carbocycles. The van der Waals surface area contributed by atoms with Crippen LogP contribution in [-0.2, 0) is 20.6 Å². The molecule has 156 valence electrons. The summed E-state index contributed by atoms with van der Waals surface area (Å²) >= 11 is 0. The first-order valence-electron chi connectivity index (χ1n) is 9.94. The number of carbonyl (C=O) groups is 1. The fourth-order valence-electron chi connectivity index (χ4n) is 3.87. The van der Waals surface area contributed by atoms with Gasteiger partial charge >= 0.3 is 0 Å². The van der Waals surface area contributed by atoms with E-state index in [0.29, 0.717) is 12.8 Å². The summed E-state index contributed by atoms with van der Waals surface area (Å²) in [4.78, 5) is 12.8. The predicted octanol–water partition coefficient (Wildman–Crippen LogP) is 4.16. The SMILES string of the molecule is O=C(Nc1cccc2ccccc12)C1CCN(S(=O)(=O)Cc2ccccc2F)CC1. The highest BCUT2D eigenvalue weighted by Crippen LogP contribution is 2.26. The molecule has 5 nitrogen and oxygen atoms in total. The maximum atomic E-state index is 13.8. The molecular formula is C23H23FN2O3S. The van der Waals surface area contributed by atoms with E-state index < -0.39 is 15.8 Å². The van der Waals surface area contributed by atoms with Gasteiger partial charge in [0.05, 0.1) is 5.75 Å². The fourth-order valence-corrected chi connectivity index (χ4v) is 5.45. The van der Waals surface area contributed by atoms with E-state index in [-0.39, 0.29) is 36.2 Å². The first kappa shape index (κ1) is 20.5. The van der Waals surface area contributed by atoms with Gasteiger partial charge in [-0.15, -0.1) is 0 Å². The number of carbonyl (C=O) groups excluding carboxylic acids is 1. The van der Waals surface area contributed by atoms with Crippen molar-refractivity contribution in [2.75, 3.05) is 18.4 Å². The molecule has 0 saturated carbocycles. The van der Waals surface area contributed by atoms with E-state index in [0.717, 1.165) is 16.5 Å². The van der Waals surface area contributed by atoms with Crippen LogP contribution in [0.15, 0.2) is 66.7 Å². The van der Waals surface area contributed by atoms with Gasteiger partial charge in [0.2, 0.25) is 15.9 Å². The van der Waals surface area contributed by atoms with Gasteiger partial charge in [-0.2, -0.15) is 0 Å². The van der Waals surface area contributed by atoms with Crippen LogP contribution in [0.4, 0.5) is 10.1 Å². The molecule has 1 aliphatic heterocycles. The number of halogens is 1. The molecule has 7 heteroatoms. The molecule has 0 radical (unpaired) electrons. The van der Waals surface area contributed by atoms with Crippen LogP contribution in [0.25, 0.3) is 10.8 Å². The Hall–Kier alpha value is -2.77. The minimum absolute atomic E-state index is 0.0995. The van der Waals surface area contributed by atoms with Crippen LogP contribution in [0.5, 0.6) is 0 Å². The number of sulfonamides is 1. The first-order chi connectivity index (χ1) is 14.4. The van der Waals surface area contributed by atoms with Crippen LogP contribution in [0, 0.1) is 11.7 Å². The standard InChI is InChI=1S/C23H23FN2O3S/c24-21-10-4-2-7-19(21)16-30(28,29)26-14-12-18(13-15-26)23(27)25-22-11-5-8-17-6-1-3-9-20(17)22/h1-11,18H,12-16H2,(H,25,27). The van der Waals surface area contributed by atoms with Gasteiger partial charge in [-0.05, 0) is 30.4 Å². The zero-order valence-electron chi connectivity index (χ0n) is 16.4. The summed E-state index contributed by atoms with van der Waals surface area (Å²) < 4.78 is 40.6. The molecule has 1 amide bonds. The molecule has 3 aromatic carbocycles. The lowest BCUT2D eigenvalue weighted by atomic mass is 9.97. The summed E-state index contributed by atoms with van der Waals surface area (Å²) in [5.74, 6) is -1.25. The number of anilines is 1. The molecule has 30 heavy (non-hydrogen) atoms. The quantitative estimate of drug-likeness (QED) is 0.666. The van der Waals surface area contributed by atoms with Crippen molar-refractivity contribution in [2.45, 2.75) is 18.6 Å². The number of nitrogens with one attached hydrogen (secondary N) is 1. The highest BCUT2D eigenvalue weighted by atomic mass is 32.2. The maximum absolute atomic E-state index is 13.8. The molecule has 0 aromatic heterocycles. The van der Waals surface area contributed by atoms with Crippen molar-refractivity contribution in [1.29, 1.82) is 0 Å². The van der Waals surface area contributed by atoms with E-state index >= 15 is 0 Å². The Bertz CT molecular complexity index is 1170. The van der Waals surface area contributed by atoms with Crippen molar-refractivity contribution >= 4 is 32.4 Å². The number of piperidine rings is 1. The van der Waals surface area contributed by atoms with Gasteiger partial charge in [-0.3, -0.25) is 4.79 Å². The van der Waals surface area contributed by atoms with Gasteiger partial charge in [0.15, 0.2) is 0 Å². The normalized spacial score (nSPS) is 15.9. The number of rotatable bonds is 5. The molecule has 0 bridgehead atoms. The number of hydrogen-bond donors (Lipinski definition) is 1. The van der Waals surface area contributed by atoms with Crippen molar-refractivity contribution in [1.82, 2.24) is 4.31 Å². The second-order valence-corrected chi connectivity index (χ2v) is 9.51. The molecule has 4 rings (SSSR count).